The Morgan fingerprint density at radius 3 is 2.52 bits per heavy atom. The Balaban J connectivity index is 1.31. The number of likely N-dealkylation sites (tertiary alicyclic amines) is 1. The molecule has 27 heavy (non-hydrogen) atoms. The van der Waals surface area contributed by atoms with E-state index >= 15 is 0 Å². The van der Waals surface area contributed by atoms with Gasteiger partial charge in [0, 0.05) is 44.0 Å². The highest BCUT2D eigenvalue weighted by Gasteiger charge is 2.28. The Hall–Kier alpha value is -2.75. The van der Waals surface area contributed by atoms with E-state index in [1.807, 2.05) is 24.3 Å². The third-order valence-electron chi connectivity index (χ3n) is 5.57. The van der Waals surface area contributed by atoms with Crippen LogP contribution in [0.3, 0.4) is 0 Å². The first-order chi connectivity index (χ1) is 13.2. The highest BCUT2D eigenvalue weighted by Crippen LogP contribution is 2.32. The molecule has 4 rings (SSSR count). The topological polar surface area (TPSA) is 35.6 Å². The molecule has 0 bridgehead atoms. The normalized spacial score (nSPS) is 17.4. The lowest BCUT2D eigenvalue weighted by molar-refractivity contribution is -0.114. The van der Waals surface area contributed by atoms with Crippen molar-refractivity contribution in [3.63, 3.8) is 0 Å². The van der Waals surface area contributed by atoms with Gasteiger partial charge in [0.05, 0.1) is 0 Å². The Labute approximate surface area is 161 Å². The Bertz CT molecular complexity index is 820. The molecule has 0 aliphatic carbocycles. The van der Waals surface area contributed by atoms with Gasteiger partial charge in [0.25, 0.3) is 0 Å². The number of nitrogens with one attached hydrogen (secondary N) is 1. The number of rotatable bonds is 4. The lowest BCUT2D eigenvalue weighted by Gasteiger charge is -2.37. The molecule has 0 aromatic heterocycles. The molecule has 2 aromatic carbocycles. The van der Waals surface area contributed by atoms with Crippen molar-refractivity contribution >= 4 is 23.4 Å². The summed E-state index contributed by atoms with van der Waals surface area (Å²) in [6.45, 7) is 4.90. The first kappa shape index (κ1) is 17.7. The molecule has 1 fully saturated rings. The van der Waals surface area contributed by atoms with Gasteiger partial charge in [-0.25, -0.2) is 0 Å². The molecule has 4 nitrogen and oxygen atoms in total. The van der Waals surface area contributed by atoms with Gasteiger partial charge < -0.3 is 15.1 Å². The number of hydrogen-bond acceptors (Lipinski definition) is 3. The lowest BCUT2D eigenvalue weighted by atomic mass is 10.0. The van der Waals surface area contributed by atoms with Gasteiger partial charge in [0.1, 0.15) is 0 Å². The molecule has 1 saturated heterocycles. The molecule has 2 aliphatic rings. The minimum Gasteiger partial charge on any atom is -0.377 e. The quantitative estimate of drug-likeness (QED) is 0.889. The van der Waals surface area contributed by atoms with Crippen LogP contribution in [-0.4, -0.2) is 36.5 Å². The summed E-state index contributed by atoms with van der Waals surface area (Å²) in [4.78, 5) is 16.1. The fourth-order valence-corrected chi connectivity index (χ4v) is 4.16. The number of anilines is 2. The van der Waals surface area contributed by atoms with Gasteiger partial charge in [-0.15, -0.1) is 0 Å². The number of amides is 1. The molecule has 0 saturated carbocycles. The predicted molar refractivity (Wildman–Crippen MR) is 112 cm³/mol. The second-order valence-corrected chi connectivity index (χ2v) is 7.46. The summed E-state index contributed by atoms with van der Waals surface area (Å²) < 4.78 is 0. The van der Waals surface area contributed by atoms with E-state index in [0.717, 1.165) is 24.3 Å². The molecule has 2 aromatic rings. The lowest BCUT2D eigenvalue weighted by Crippen LogP contribution is -2.42. The predicted octanol–water partition coefficient (Wildman–Crippen LogP) is 4.14. The third kappa shape index (κ3) is 4.16. The van der Waals surface area contributed by atoms with Crippen LogP contribution in [-0.2, 0) is 11.2 Å². The molecule has 0 atom stereocenters. The van der Waals surface area contributed by atoms with Gasteiger partial charge in [0.15, 0.2) is 0 Å². The van der Waals surface area contributed by atoms with Crippen molar-refractivity contribution in [2.45, 2.75) is 32.2 Å². The monoisotopic (exact) mass is 361 g/mol. The number of nitrogens with zero attached hydrogens (tertiary/aromatic N) is 2. The van der Waals surface area contributed by atoms with Crippen molar-refractivity contribution in [1.82, 2.24) is 4.90 Å². The molecule has 4 heteroatoms. The molecule has 1 N–H and O–H groups in total. The highest BCUT2D eigenvalue weighted by atomic mass is 16.1. The number of benzene rings is 2. The van der Waals surface area contributed by atoms with Gasteiger partial charge in [0.2, 0.25) is 5.91 Å². The van der Waals surface area contributed by atoms with E-state index in [-0.39, 0.29) is 5.91 Å². The zero-order valence-corrected chi connectivity index (χ0v) is 15.9. The van der Waals surface area contributed by atoms with Crippen molar-refractivity contribution in [2.24, 2.45) is 0 Å². The van der Waals surface area contributed by atoms with Gasteiger partial charge >= 0.3 is 0 Å². The maximum atomic E-state index is 11.1. The molecule has 0 spiro atoms. The van der Waals surface area contributed by atoms with Gasteiger partial charge in [-0.3, -0.25) is 4.79 Å². The third-order valence-corrected chi connectivity index (χ3v) is 5.57. The first-order valence-corrected chi connectivity index (χ1v) is 9.83. The Morgan fingerprint density at radius 1 is 1.04 bits per heavy atom. The van der Waals surface area contributed by atoms with Crippen molar-refractivity contribution in [3.05, 3.63) is 65.9 Å². The summed E-state index contributed by atoms with van der Waals surface area (Å²) in [5.41, 5.74) is 4.94. The van der Waals surface area contributed by atoms with Crippen LogP contribution in [0.4, 0.5) is 11.4 Å². The van der Waals surface area contributed by atoms with Crippen LogP contribution in [0.25, 0.3) is 6.08 Å². The zero-order chi connectivity index (χ0) is 18.6. The fraction of sp³-hybridized carbons (Fsp3) is 0.348. The van der Waals surface area contributed by atoms with Crippen molar-refractivity contribution in [3.8, 4) is 0 Å². The number of fused-ring (bicyclic) bond motifs is 1. The van der Waals surface area contributed by atoms with Crippen LogP contribution >= 0.6 is 0 Å². The van der Waals surface area contributed by atoms with E-state index < -0.39 is 0 Å². The molecular formula is C23H27N3O. The molecule has 2 heterocycles. The average Bonchev–Trinajstić information content (AvgIpc) is 3.12. The SMILES string of the molecule is CC(=O)Nc1ccc(C=CN2CCC(N3CCc4ccccc43)CC2)cc1. The van der Waals surface area contributed by atoms with Gasteiger partial charge in [-0.2, -0.15) is 0 Å². The molecular weight excluding hydrogens is 334 g/mol. The van der Waals surface area contributed by atoms with Gasteiger partial charge in [-0.1, -0.05) is 30.3 Å². The summed E-state index contributed by atoms with van der Waals surface area (Å²) >= 11 is 0. The van der Waals surface area contributed by atoms with E-state index in [1.54, 1.807) is 0 Å². The number of carbonyl (C=O) groups is 1. The molecule has 0 radical (unpaired) electrons. The number of piperidine rings is 1. The minimum absolute atomic E-state index is 0.0400. The molecule has 1 amide bonds. The Kier molecular flexibility index (Phi) is 5.14. The standard InChI is InChI=1S/C23H27N3O/c1-18(27)24-21-8-6-19(7-9-21)10-14-25-15-12-22(13-16-25)26-17-11-20-4-2-3-5-23(20)26/h2-10,14,22H,11-13,15-17H2,1H3,(H,24,27). The zero-order valence-electron chi connectivity index (χ0n) is 15.9. The number of para-hydroxylation sites is 1. The fourth-order valence-electron chi connectivity index (χ4n) is 4.16. The number of hydrogen-bond donors (Lipinski definition) is 1. The number of carbonyl (C=O) groups excluding carboxylic acids is 1. The summed E-state index contributed by atoms with van der Waals surface area (Å²) in [6, 6.07) is 17.5. The summed E-state index contributed by atoms with van der Waals surface area (Å²) in [5.74, 6) is -0.0400. The Morgan fingerprint density at radius 2 is 1.78 bits per heavy atom. The molecule has 2 aliphatic heterocycles. The van der Waals surface area contributed by atoms with Crippen LogP contribution in [0, 0.1) is 0 Å². The van der Waals surface area contributed by atoms with Crippen LogP contribution in [0.1, 0.15) is 30.9 Å². The largest absolute Gasteiger partial charge is 0.377 e. The van der Waals surface area contributed by atoms with Crippen molar-refractivity contribution in [2.75, 3.05) is 29.9 Å². The average molecular weight is 361 g/mol. The van der Waals surface area contributed by atoms with Crippen LogP contribution in [0.2, 0.25) is 0 Å². The molecule has 140 valence electrons. The van der Waals surface area contributed by atoms with E-state index in [0.29, 0.717) is 6.04 Å². The second-order valence-electron chi connectivity index (χ2n) is 7.46. The van der Waals surface area contributed by atoms with E-state index in [1.165, 1.54) is 44.0 Å². The van der Waals surface area contributed by atoms with E-state index in [2.05, 4.69) is 51.7 Å². The van der Waals surface area contributed by atoms with E-state index in [4.69, 9.17) is 0 Å². The first-order valence-electron chi connectivity index (χ1n) is 9.83. The second kappa shape index (κ2) is 7.87. The minimum atomic E-state index is -0.0400. The molecule has 0 unspecified atom stereocenters. The maximum Gasteiger partial charge on any atom is 0.221 e. The van der Waals surface area contributed by atoms with Gasteiger partial charge in [-0.05, 0) is 60.9 Å². The summed E-state index contributed by atoms with van der Waals surface area (Å²) in [6.07, 6.45) is 7.97. The van der Waals surface area contributed by atoms with Crippen molar-refractivity contribution in [1.29, 1.82) is 0 Å². The summed E-state index contributed by atoms with van der Waals surface area (Å²) in [7, 11) is 0. The van der Waals surface area contributed by atoms with Crippen LogP contribution in [0.5, 0.6) is 0 Å². The van der Waals surface area contributed by atoms with Crippen LogP contribution in [0.15, 0.2) is 54.7 Å². The smallest absolute Gasteiger partial charge is 0.221 e. The van der Waals surface area contributed by atoms with Crippen molar-refractivity contribution < 1.29 is 4.79 Å². The van der Waals surface area contributed by atoms with E-state index in [9.17, 15) is 4.79 Å². The maximum absolute atomic E-state index is 11.1. The highest BCUT2D eigenvalue weighted by molar-refractivity contribution is 5.88. The van der Waals surface area contributed by atoms with Crippen LogP contribution < -0.4 is 10.2 Å². The summed E-state index contributed by atoms with van der Waals surface area (Å²) in [5, 5.41) is 2.80.